The Balaban J connectivity index is 1.85. The summed E-state index contributed by atoms with van der Waals surface area (Å²) in [6, 6.07) is 5.35. The normalized spacial score (nSPS) is 17.9. The summed E-state index contributed by atoms with van der Waals surface area (Å²) in [5.41, 5.74) is 0.666. The maximum atomic E-state index is 12.3. The first-order valence-electron chi connectivity index (χ1n) is 8.57. The van der Waals surface area contributed by atoms with Crippen LogP contribution in [-0.2, 0) is 16.1 Å². The van der Waals surface area contributed by atoms with E-state index in [9.17, 15) is 22.8 Å². The van der Waals surface area contributed by atoms with Crippen LogP contribution in [0.3, 0.4) is 0 Å². The molecule has 1 aromatic rings. The third kappa shape index (κ3) is 5.93. The minimum atomic E-state index is -4.73. The molecule has 0 aliphatic carbocycles. The molecule has 0 saturated carbocycles. The van der Waals surface area contributed by atoms with Crippen molar-refractivity contribution in [3.05, 3.63) is 29.8 Å². The predicted octanol–water partition coefficient (Wildman–Crippen LogP) is 3.10. The van der Waals surface area contributed by atoms with Gasteiger partial charge in [-0.25, -0.2) is 0 Å². The highest BCUT2D eigenvalue weighted by Crippen LogP contribution is 2.23. The van der Waals surface area contributed by atoms with E-state index in [1.165, 1.54) is 24.3 Å². The SMILES string of the molecule is CC(C)C(=O)N1CCCC(C(=O)NCc2ccc(OC(F)(F)F)cc2)C1. The van der Waals surface area contributed by atoms with Crippen LogP contribution in [0.15, 0.2) is 24.3 Å². The molecule has 1 aliphatic heterocycles. The van der Waals surface area contributed by atoms with Gasteiger partial charge >= 0.3 is 6.36 Å². The maximum Gasteiger partial charge on any atom is 0.573 e. The molecule has 8 heteroatoms. The molecule has 0 bridgehead atoms. The Morgan fingerprint density at radius 2 is 1.92 bits per heavy atom. The molecule has 1 unspecified atom stereocenters. The number of carbonyl (C=O) groups excluding carboxylic acids is 2. The molecule has 1 heterocycles. The van der Waals surface area contributed by atoms with Crippen molar-refractivity contribution in [1.29, 1.82) is 0 Å². The van der Waals surface area contributed by atoms with E-state index in [0.29, 0.717) is 25.1 Å². The number of nitrogens with one attached hydrogen (secondary N) is 1. The lowest BCUT2D eigenvalue weighted by Gasteiger charge is -2.33. The van der Waals surface area contributed by atoms with Crippen LogP contribution in [-0.4, -0.2) is 36.2 Å². The smallest absolute Gasteiger partial charge is 0.406 e. The van der Waals surface area contributed by atoms with Gasteiger partial charge in [0.2, 0.25) is 11.8 Å². The number of carbonyl (C=O) groups is 2. The number of hydrogen-bond donors (Lipinski definition) is 1. The average Bonchev–Trinajstić information content (AvgIpc) is 2.59. The van der Waals surface area contributed by atoms with Crippen LogP contribution in [0.25, 0.3) is 0 Å². The summed E-state index contributed by atoms with van der Waals surface area (Å²) >= 11 is 0. The molecule has 1 N–H and O–H groups in total. The number of benzene rings is 1. The highest BCUT2D eigenvalue weighted by atomic mass is 19.4. The minimum absolute atomic E-state index is 0.0442. The number of halogens is 3. The van der Waals surface area contributed by atoms with E-state index in [1.807, 2.05) is 13.8 Å². The largest absolute Gasteiger partial charge is 0.573 e. The van der Waals surface area contributed by atoms with Crippen molar-refractivity contribution in [3.8, 4) is 5.75 Å². The number of hydrogen-bond acceptors (Lipinski definition) is 3. The van der Waals surface area contributed by atoms with Gasteiger partial charge in [-0.2, -0.15) is 0 Å². The standard InChI is InChI=1S/C18H23F3N2O3/c1-12(2)17(25)23-9-3-4-14(11-23)16(24)22-10-13-5-7-15(8-6-13)26-18(19,20)21/h5-8,12,14H,3-4,9-11H2,1-2H3,(H,22,24). The van der Waals surface area contributed by atoms with E-state index >= 15 is 0 Å². The number of nitrogens with zero attached hydrogens (tertiary/aromatic N) is 1. The summed E-state index contributed by atoms with van der Waals surface area (Å²) in [5.74, 6) is -0.777. The average molecular weight is 372 g/mol. The zero-order chi connectivity index (χ0) is 19.3. The van der Waals surface area contributed by atoms with Crippen LogP contribution in [0.1, 0.15) is 32.3 Å². The summed E-state index contributed by atoms with van der Waals surface area (Å²) < 4.78 is 40.2. The van der Waals surface area contributed by atoms with Crippen molar-refractivity contribution in [3.63, 3.8) is 0 Å². The first-order valence-corrected chi connectivity index (χ1v) is 8.57. The molecule has 0 radical (unpaired) electrons. The molecule has 2 rings (SSSR count). The lowest BCUT2D eigenvalue weighted by molar-refractivity contribution is -0.274. The van der Waals surface area contributed by atoms with Crippen LogP contribution >= 0.6 is 0 Å². The van der Waals surface area contributed by atoms with Gasteiger partial charge in [0.05, 0.1) is 5.92 Å². The Morgan fingerprint density at radius 1 is 1.27 bits per heavy atom. The van der Waals surface area contributed by atoms with Crippen LogP contribution in [0, 0.1) is 11.8 Å². The van der Waals surface area contributed by atoms with Crippen molar-refractivity contribution in [2.45, 2.75) is 39.6 Å². The van der Waals surface area contributed by atoms with Gasteiger partial charge in [0.25, 0.3) is 0 Å². The summed E-state index contributed by atoms with van der Waals surface area (Å²) in [6.45, 7) is 4.94. The molecule has 1 atom stereocenters. The van der Waals surface area contributed by atoms with Gasteiger partial charge in [-0.15, -0.1) is 13.2 Å². The van der Waals surface area contributed by atoms with Gasteiger partial charge in [0, 0.05) is 25.6 Å². The number of rotatable bonds is 5. The fourth-order valence-electron chi connectivity index (χ4n) is 2.90. The van der Waals surface area contributed by atoms with Gasteiger partial charge in [-0.3, -0.25) is 9.59 Å². The zero-order valence-corrected chi connectivity index (χ0v) is 14.8. The fraction of sp³-hybridized carbons (Fsp3) is 0.556. The summed E-state index contributed by atoms with van der Waals surface area (Å²) in [4.78, 5) is 26.1. The van der Waals surface area contributed by atoms with Crippen LogP contribution in [0.4, 0.5) is 13.2 Å². The summed E-state index contributed by atoms with van der Waals surface area (Å²) in [5, 5.41) is 2.79. The highest BCUT2D eigenvalue weighted by molar-refractivity contribution is 5.82. The van der Waals surface area contributed by atoms with E-state index in [0.717, 1.165) is 6.42 Å². The second kappa shape index (κ2) is 8.42. The summed E-state index contributed by atoms with van der Waals surface area (Å²) in [6.07, 6.45) is -3.23. The second-order valence-corrected chi connectivity index (χ2v) is 6.69. The molecule has 1 fully saturated rings. The number of piperidine rings is 1. The number of likely N-dealkylation sites (tertiary alicyclic amines) is 1. The topological polar surface area (TPSA) is 58.6 Å². The fourth-order valence-corrected chi connectivity index (χ4v) is 2.90. The lowest BCUT2D eigenvalue weighted by Crippen LogP contribution is -2.46. The second-order valence-electron chi connectivity index (χ2n) is 6.69. The third-order valence-electron chi connectivity index (χ3n) is 4.22. The van der Waals surface area contributed by atoms with E-state index in [2.05, 4.69) is 10.1 Å². The molecule has 1 aromatic carbocycles. The zero-order valence-electron chi connectivity index (χ0n) is 14.8. The minimum Gasteiger partial charge on any atom is -0.406 e. The van der Waals surface area contributed by atoms with Gasteiger partial charge in [-0.1, -0.05) is 26.0 Å². The van der Waals surface area contributed by atoms with Crippen molar-refractivity contribution >= 4 is 11.8 Å². The van der Waals surface area contributed by atoms with Crippen LogP contribution in [0.5, 0.6) is 5.75 Å². The quantitative estimate of drug-likeness (QED) is 0.864. The molecular weight excluding hydrogens is 349 g/mol. The lowest BCUT2D eigenvalue weighted by atomic mass is 9.96. The molecule has 5 nitrogen and oxygen atoms in total. The monoisotopic (exact) mass is 372 g/mol. The maximum absolute atomic E-state index is 12.3. The van der Waals surface area contributed by atoms with E-state index < -0.39 is 6.36 Å². The molecular formula is C18H23F3N2O3. The molecule has 1 saturated heterocycles. The molecule has 1 aliphatic rings. The molecule has 26 heavy (non-hydrogen) atoms. The van der Waals surface area contributed by atoms with Gasteiger partial charge < -0.3 is 15.0 Å². The van der Waals surface area contributed by atoms with Crippen LogP contribution in [0.2, 0.25) is 0 Å². The number of amides is 2. The van der Waals surface area contributed by atoms with E-state index in [-0.39, 0.29) is 35.9 Å². The summed E-state index contributed by atoms with van der Waals surface area (Å²) in [7, 11) is 0. The number of alkyl halides is 3. The van der Waals surface area contributed by atoms with Crippen molar-refractivity contribution in [2.24, 2.45) is 11.8 Å². The number of ether oxygens (including phenoxy) is 1. The van der Waals surface area contributed by atoms with Gasteiger partial charge in [0.1, 0.15) is 5.75 Å². The highest BCUT2D eigenvalue weighted by Gasteiger charge is 2.31. The molecule has 0 spiro atoms. The Morgan fingerprint density at radius 3 is 2.50 bits per heavy atom. The van der Waals surface area contributed by atoms with Crippen molar-refractivity contribution in [1.82, 2.24) is 10.2 Å². The van der Waals surface area contributed by atoms with Crippen LogP contribution < -0.4 is 10.1 Å². The molecule has 2 amide bonds. The first kappa shape index (κ1) is 20.1. The Bertz CT molecular complexity index is 630. The van der Waals surface area contributed by atoms with Crippen molar-refractivity contribution in [2.75, 3.05) is 13.1 Å². The van der Waals surface area contributed by atoms with Gasteiger partial charge in [-0.05, 0) is 30.5 Å². The van der Waals surface area contributed by atoms with Crippen molar-refractivity contribution < 1.29 is 27.5 Å². The van der Waals surface area contributed by atoms with E-state index in [1.54, 1.807) is 4.90 Å². The molecule has 0 aromatic heterocycles. The third-order valence-corrected chi connectivity index (χ3v) is 4.22. The first-order chi connectivity index (χ1) is 12.2. The Kier molecular flexibility index (Phi) is 6.50. The Hall–Kier alpha value is -2.25. The van der Waals surface area contributed by atoms with Gasteiger partial charge in [0.15, 0.2) is 0 Å². The Labute approximate surface area is 150 Å². The van der Waals surface area contributed by atoms with E-state index in [4.69, 9.17) is 0 Å². The molecule has 144 valence electrons. The predicted molar refractivity (Wildman–Crippen MR) is 89.1 cm³/mol.